The van der Waals surface area contributed by atoms with E-state index in [4.69, 9.17) is 18.0 Å². The zero-order valence-electron chi connectivity index (χ0n) is 15.8. The van der Waals surface area contributed by atoms with Gasteiger partial charge in [0.05, 0.1) is 0 Å². The fraction of sp³-hybridized carbons (Fsp3) is 0.632. The minimum absolute atomic E-state index is 0.0840. The minimum atomic E-state index is -2.97. The van der Waals surface area contributed by atoms with E-state index in [1.54, 1.807) is 0 Å². The lowest BCUT2D eigenvalue weighted by molar-refractivity contribution is -0.143. The van der Waals surface area contributed by atoms with Crippen molar-refractivity contribution in [3.63, 3.8) is 0 Å². The van der Waals surface area contributed by atoms with Crippen LogP contribution in [0.15, 0.2) is 30.3 Å². The molecule has 0 heterocycles. The number of carbonyl (C=O) groups is 1. The molecule has 0 saturated carbocycles. The number of carbonyl (C=O) groups excluding carboxylic acids is 1. The summed E-state index contributed by atoms with van der Waals surface area (Å²) < 4.78 is 23.2. The van der Waals surface area contributed by atoms with Crippen molar-refractivity contribution in [2.24, 2.45) is 0 Å². The third kappa shape index (κ3) is 9.16. The van der Waals surface area contributed by atoms with Crippen LogP contribution in [-0.4, -0.2) is 40.8 Å². The van der Waals surface area contributed by atoms with Crippen LogP contribution in [0.4, 0.5) is 0 Å². The lowest BCUT2D eigenvalue weighted by atomic mass is 10.1. The number of esters is 1. The summed E-state index contributed by atoms with van der Waals surface area (Å²) in [7, 11) is -2.97. The van der Waals surface area contributed by atoms with E-state index in [2.05, 4.69) is 0 Å². The highest BCUT2D eigenvalue weighted by molar-refractivity contribution is 6.60. The summed E-state index contributed by atoms with van der Waals surface area (Å²) in [6.45, 7) is 7.73. The van der Waals surface area contributed by atoms with Crippen LogP contribution in [0, 0.1) is 0 Å². The Bertz CT molecular complexity index is 444. The van der Waals surface area contributed by atoms with Crippen LogP contribution < -0.4 is 0 Å². The highest BCUT2D eigenvalue weighted by Gasteiger charge is 2.43. The fourth-order valence-electron chi connectivity index (χ4n) is 2.15. The van der Waals surface area contributed by atoms with Crippen molar-refractivity contribution in [1.82, 2.24) is 0 Å². The number of benzene rings is 1. The van der Waals surface area contributed by atoms with Crippen molar-refractivity contribution in [2.75, 3.05) is 26.1 Å². The molecule has 1 aromatic carbocycles. The highest BCUT2D eigenvalue weighted by atomic mass is 28.4. The molecule has 0 aliphatic rings. The summed E-state index contributed by atoms with van der Waals surface area (Å²) in [5.41, 5.74) is 1.12. The normalized spacial score (nSPS) is 11.5. The zero-order chi connectivity index (χ0) is 18.4. The maximum absolute atomic E-state index is 12.1. The van der Waals surface area contributed by atoms with E-state index in [9.17, 15) is 4.79 Å². The average molecular weight is 369 g/mol. The first-order chi connectivity index (χ1) is 12.2. The standard InChI is InChI=1S/C19H32O5Si/c1-4-14-22-25(23-15-5-2,24-16-6-3)17-21-19(20)13-12-18-10-8-7-9-11-18/h7-11H,4-6,12-17H2,1-3H3. The third-order valence-corrected chi connectivity index (χ3v) is 5.88. The van der Waals surface area contributed by atoms with Gasteiger partial charge in [0.2, 0.25) is 0 Å². The molecule has 0 atom stereocenters. The van der Waals surface area contributed by atoms with Gasteiger partial charge in [-0.2, -0.15) is 0 Å². The number of ether oxygens (including phenoxy) is 1. The van der Waals surface area contributed by atoms with Gasteiger partial charge >= 0.3 is 14.8 Å². The van der Waals surface area contributed by atoms with Gasteiger partial charge in [0.25, 0.3) is 0 Å². The van der Waals surface area contributed by atoms with Gasteiger partial charge in [0, 0.05) is 26.2 Å². The molecule has 5 nitrogen and oxygen atoms in total. The molecule has 0 radical (unpaired) electrons. The van der Waals surface area contributed by atoms with Crippen molar-refractivity contribution < 1.29 is 22.8 Å². The number of rotatable bonds is 14. The molecule has 0 aromatic heterocycles. The first-order valence-corrected chi connectivity index (χ1v) is 11.2. The van der Waals surface area contributed by atoms with Gasteiger partial charge in [-0.1, -0.05) is 51.1 Å². The molecule has 0 saturated heterocycles. The van der Waals surface area contributed by atoms with Crippen LogP contribution in [0.2, 0.25) is 0 Å². The Kier molecular flexibility index (Phi) is 11.4. The molecule has 6 heteroatoms. The van der Waals surface area contributed by atoms with Gasteiger partial charge in [-0.15, -0.1) is 0 Å². The van der Waals surface area contributed by atoms with Crippen molar-refractivity contribution in [3.8, 4) is 0 Å². The zero-order valence-corrected chi connectivity index (χ0v) is 16.8. The predicted molar refractivity (Wildman–Crippen MR) is 100 cm³/mol. The summed E-state index contributed by atoms with van der Waals surface area (Å²) in [4.78, 5) is 12.1. The summed E-state index contributed by atoms with van der Waals surface area (Å²) in [6, 6.07) is 9.91. The minimum Gasteiger partial charge on any atom is -0.461 e. The molecule has 1 aromatic rings. The van der Waals surface area contributed by atoms with Crippen LogP contribution in [0.1, 0.15) is 52.0 Å². The molecule has 0 aliphatic heterocycles. The quantitative estimate of drug-likeness (QED) is 0.368. The second kappa shape index (κ2) is 13.1. The molecule has 1 rings (SSSR count). The van der Waals surface area contributed by atoms with Gasteiger partial charge in [-0.25, -0.2) is 0 Å². The first kappa shape index (κ1) is 21.8. The van der Waals surface area contributed by atoms with Gasteiger partial charge in [0.15, 0.2) is 6.23 Å². The molecule has 0 spiro atoms. The first-order valence-electron chi connectivity index (χ1n) is 9.27. The molecule has 0 amide bonds. The van der Waals surface area contributed by atoms with E-state index in [1.807, 2.05) is 51.1 Å². The molecular formula is C19H32O5Si. The summed E-state index contributed by atoms with van der Waals surface area (Å²) in [5.74, 6) is -0.249. The Hall–Kier alpha value is -1.21. The maximum atomic E-state index is 12.1. The van der Waals surface area contributed by atoms with Gasteiger partial charge in [-0.05, 0) is 31.2 Å². The molecule has 0 N–H and O–H groups in total. The van der Waals surface area contributed by atoms with Crippen LogP contribution in [0.3, 0.4) is 0 Å². The van der Waals surface area contributed by atoms with Crippen LogP contribution in [0.25, 0.3) is 0 Å². The van der Waals surface area contributed by atoms with Crippen molar-refractivity contribution in [1.29, 1.82) is 0 Å². The van der Waals surface area contributed by atoms with E-state index >= 15 is 0 Å². The number of hydrogen-bond acceptors (Lipinski definition) is 5. The lowest BCUT2D eigenvalue weighted by Crippen LogP contribution is -2.51. The summed E-state index contributed by atoms with van der Waals surface area (Å²) in [6.07, 6.45) is 3.67. The predicted octanol–water partition coefficient (Wildman–Crippen LogP) is 3.92. The molecule has 0 aliphatic carbocycles. The monoisotopic (exact) mass is 368 g/mol. The largest absolute Gasteiger partial charge is 0.540 e. The third-order valence-electron chi connectivity index (χ3n) is 3.45. The van der Waals surface area contributed by atoms with Gasteiger partial charge in [0.1, 0.15) is 0 Å². The Morgan fingerprint density at radius 3 is 1.88 bits per heavy atom. The maximum Gasteiger partial charge on any atom is 0.540 e. The Morgan fingerprint density at radius 1 is 0.880 bits per heavy atom. The van der Waals surface area contributed by atoms with E-state index in [-0.39, 0.29) is 12.2 Å². The van der Waals surface area contributed by atoms with Crippen LogP contribution >= 0.6 is 0 Å². The Labute approximate surface area is 153 Å². The van der Waals surface area contributed by atoms with Crippen molar-refractivity contribution in [2.45, 2.75) is 52.9 Å². The van der Waals surface area contributed by atoms with E-state index < -0.39 is 8.80 Å². The van der Waals surface area contributed by atoms with Crippen molar-refractivity contribution >= 4 is 14.8 Å². The number of hydrogen-bond donors (Lipinski definition) is 0. The Morgan fingerprint density at radius 2 is 1.40 bits per heavy atom. The molecule has 25 heavy (non-hydrogen) atoms. The SMILES string of the molecule is CCCO[Si](COC(=O)CCc1ccccc1)(OCCC)OCCC. The van der Waals surface area contributed by atoms with E-state index in [1.165, 1.54) is 0 Å². The molecular weight excluding hydrogens is 336 g/mol. The van der Waals surface area contributed by atoms with Gasteiger partial charge < -0.3 is 18.0 Å². The summed E-state index contributed by atoms with van der Waals surface area (Å²) >= 11 is 0. The molecule has 142 valence electrons. The highest BCUT2D eigenvalue weighted by Crippen LogP contribution is 2.14. The van der Waals surface area contributed by atoms with Crippen LogP contribution in [-0.2, 0) is 29.2 Å². The van der Waals surface area contributed by atoms with Crippen LogP contribution in [0.5, 0.6) is 0 Å². The number of aryl methyl sites for hydroxylation is 1. The van der Waals surface area contributed by atoms with E-state index in [0.717, 1.165) is 24.8 Å². The van der Waals surface area contributed by atoms with E-state index in [0.29, 0.717) is 32.7 Å². The average Bonchev–Trinajstić information content (AvgIpc) is 2.66. The van der Waals surface area contributed by atoms with Gasteiger partial charge in [-0.3, -0.25) is 4.79 Å². The second-order valence-corrected chi connectivity index (χ2v) is 8.40. The Balaban J connectivity index is 2.56. The topological polar surface area (TPSA) is 54.0 Å². The molecule has 0 bridgehead atoms. The fourth-order valence-corrected chi connectivity index (χ4v) is 4.54. The second-order valence-electron chi connectivity index (χ2n) is 5.87. The lowest BCUT2D eigenvalue weighted by Gasteiger charge is -2.29. The molecule has 0 unspecified atom stereocenters. The smallest absolute Gasteiger partial charge is 0.461 e. The van der Waals surface area contributed by atoms with Crippen molar-refractivity contribution in [3.05, 3.63) is 35.9 Å². The molecule has 0 fully saturated rings. The summed E-state index contributed by atoms with van der Waals surface area (Å²) in [5, 5.41) is 0.